The van der Waals surface area contributed by atoms with E-state index in [1.54, 1.807) is 12.4 Å². The lowest BCUT2D eigenvalue weighted by molar-refractivity contribution is 0.0978. The molecule has 0 amide bonds. The summed E-state index contributed by atoms with van der Waals surface area (Å²) in [7, 11) is 0. The van der Waals surface area contributed by atoms with Crippen LogP contribution in [0, 0.1) is 0 Å². The summed E-state index contributed by atoms with van der Waals surface area (Å²) in [6, 6.07) is 8.28. The van der Waals surface area contributed by atoms with Crippen LogP contribution >= 0.6 is 0 Å². The highest BCUT2D eigenvalue weighted by Gasteiger charge is 2.06. The Balaban J connectivity index is 2.31. The van der Waals surface area contributed by atoms with Crippen molar-refractivity contribution in [1.82, 2.24) is 9.97 Å². The highest BCUT2D eigenvalue weighted by Crippen LogP contribution is 2.19. The topological polar surface area (TPSA) is 42.9 Å². The molecule has 3 nitrogen and oxygen atoms in total. The summed E-state index contributed by atoms with van der Waals surface area (Å²) in [5.41, 5.74) is 3.31. The molecule has 1 heterocycles. The van der Waals surface area contributed by atoms with E-state index in [1.807, 2.05) is 19.1 Å². The molecule has 0 aliphatic heterocycles. The van der Waals surface area contributed by atoms with Crippen LogP contribution in [0.3, 0.4) is 0 Å². The van der Waals surface area contributed by atoms with Crippen molar-refractivity contribution in [3.05, 3.63) is 48.0 Å². The molecule has 18 heavy (non-hydrogen) atoms. The van der Waals surface area contributed by atoms with Gasteiger partial charge in [-0.15, -0.1) is 0 Å². The average molecular weight is 240 g/mol. The first kappa shape index (κ1) is 12.4. The van der Waals surface area contributed by atoms with Crippen molar-refractivity contribution in [2.45, 2.75) is 26.7 Å². The standard InChI is InChI=1S/C15H16N2O/c1-3-11-6-5-7-12(8-11)13-9-16-15(17-10-13)14(18)4-2/h5-10H,3-4H2,1-2H3. The lowest BCUT2D eigenvalue weighted by Gasteiger charge is -2.04. The van der Waals surface area contributed by atoms with E-state index in [0.717, 1.165) is 17.5 Å². The molecule has 0 saturated heterocycles. The van der Waals surface area contributed by atoms with Gasteiger partial charge < -0.3 is 0 Å². The van der Waals surface area contributed by atoms with Gasteiger partial charge in [0.05, 0.1) is 0 Å². The number of hydrogen-bond acceptors (Lipinski definition) is 3. The van der Waals surface area contributed by atoms with E-state index in [2.05, 4.69) is 29.0 Å². The van der Waals surface area contributed by atoms with E-state index in [4.69, 9.17) is 0 Å². The monoisotopic (exact) mass is 240 g/mol. The van der Waals surface area contributed by atoms with Gasteiger partial charge in [-0.3, -0.25) is 4.79 Å². The molecule has 0 spiro atoms. The van der Waals surface area contributed by atoms with Crippen LogP contribution in [0.15, 0.2) is 36.7 Å². The Labute approximate surface area is 107 Å². The molecule has 2 aromatic rings. The first-order valence-corrected chi connectivity index (χ1v) is 6.19. The summed E-state index contributed by atoms with van der Waals surface area (Å²) >= 11 is 0. The molecule has 1 aromatic heterocycles. The number of rotatable bonds is 4. The van der Waals surface area contributed by atoms with Crippen LogP contribution in [-0.2, 0) is 6.42 Å². The third kappa shape index (κ3) is 2.62. The van der Waals surface area contributed by atoms with E-state index in [0.29, 0.717) is 12.2 Å². The second-order valence-electron chi connectivity index (χ2n) is 4.13. The summed E-state index contributed by atoms with van der Waals surface area (Å²) in [5.74, 6) is 0.275. The number of aromatic nitrogens is 2. The minimum atomic E-state index is -0.0242. The van der Waals surface area contributed by atoms with Gasteiger partial charge in [-0.05, 0) is 17.5 Å². The SMILES string of the molecule is CCC(=O)c1ncc(-c2cccc(CC)c2)cn1. The zero-order valence-electron chi connectivity index (χ0n) is 10.7. The minimum absolute atomic E-state index is 0.0242. The van der Waals surface area contributed by atoms with Gasteiger partial charge in [0.2, 0.25) is 0 Å². The number of Topliss-reactive ketones (excluding diaryl/α,β-unsaturated/α-hetero) is 1. The minimum Gasteiger partial charge on any atom is -0.291 e. The Hall–Kier alpha value is -2.03. The Kier molecular flexibility index (Phi) is 3.82. The number of carbonyl (C=O) groups is 1. The van der Waals surface area contributed by atoms with Crippen LogP contribution in [0.5, 0.6) is 0 Å². The molecule has 0 fully saturated rings. The molecule has 92 valence electrons. The third-order valence-corrected chi connectivity index (χ3v) is 2.89. The fourth-order valence-corrected chi connectivity index (χ4v) is 1.75. The summed E-state index contributed by atoms with van der Waals surface area (Å²) in [4.78, 5) is 19.7. The van der Waals surface area contributed by atoms with Gasteiger partial charge in [0.25, 0.3) is 0 Å². The summed E-state index contributed by atoms with van der Waals surface area (Å²) in [6.45, 7) is 3.93. The maximum Gasteiger partial charge on any atom is 0.199 e. The second-order valence-corrected chi connectivity index (χ2v) is 4.13. The van der Waals surface area contributed by atoms with Crippen molar-refractivity contribution in [2.24, 2.45) is 0 Å². The maximum absolute atomic E-state index is 11.4. The van der Waals surface area contributed by atoms with E-state index in [9.17, 15) is 4.79 Å². The van der Waals surface area contributed by atoms with Gasteiger partial charge in [0, 0.05) is 24.4 Å². The molecule has 0 aliphatic carbocycles. The maximum atomic E-state index is 11.4. The van der Waals surface area contributed by atoms with E-state index in [-0.39, 0.29) is 5.78 Å². The fraction of sp³-hybridized carbons (Fsp3) is 0.267. The number of carbonyl (C=O) groups excluding carboxylic acids is 1. The van der Waals surface area contributed by atoms with Crippen LogP contribution < -0.4 is 0 Å². The zero-order chi connectivity index (χ0) is 13.0. The van der Waals surface area contributed by atoms with Gasteiger partial charge >= 0.3 is 0 Å². The van der Waals surface area contributed by atoms with Gasteiger partial charge in [0.15, 0.2) is 11.6 Å². The van der Waals surface area contributed by atoms with Crippen LogP contribution in [0.25, 0.3) is 11.1 Å². The molecule has 0 atom stereocenters. The van der Waals surface area contributed by atoms with Crippen LogP contribution in [0.1, 0.15) is 36.5 Å². The molecule has 2 rings (SSSR count). The molecule has 0 aliphatic rings. The predicted molar refractivity (Wildman–Crippen MR) is 71.5 cm³/mol. The van der Waals surface area contributed by atoms with Crippen LogP contribution in [0.4, 0.5) is 0 Å². The quantitative estimate of drug-likeness (QED) is 0.770. The third-order valence-electron chi connectivity index (χ3n) is 2.89. The smallest absolute Gasteiger partial charge is 0.199 e. The largest absolute Gasteiger partial charge is 0.291 e. The van der Waals surface area contributed by atoms with Gasteiger partial charge in [0.1, 0.15) is 0 Å². The first-order chi connectivity index (χ1) is 8.74. The summed E-state index contributed by atoms with van der Waals surface area (Å²) < 4.78 is 0. The molecule has 1 aromatic carbocycles. The van der Waals surface area contributed by atoms with E-state index < -0.39 is 0 Å². The number of benzene rings is 1. The molecular weight excluding hydrogens is 224 g/mol. The molecular formula is C15H16N2O. The lowest BCUT2D eigenvalue weighted by atomic mass is 10.0. The second kappa shape index (κ2) is 5.54. The average Bonchev–Trinajstić information content (AvgIpc) is 2.46. The number of nitrogens with zero attached hydrogens (tertiary/aromatic N) is 2. The molecule has 0 radical (unpaired) electrons. The van der Waals surface area contributed by atoms with Gasteiger partial charge in [-0.2, -0.15) is 0 Å². The fourth-order valence-electron chi connectivity index (χ4n) is 1.75. The van der Waals surface area contributed by atoms with E-state index in [1.165, 1.54) is 5.56 Å². The summed E-state index contributed by atoms with van der Waals surface area (Å²) in [6.07, 6.45) is 4.86. The van der Waals surface area contributed by atoms with Crippen molar-refractivity contribution in [2.75, 3.05) is 0 Å². The Morgan fingerprint density at radius 3 is 2.44 bits per heavy atom. The van der Waals surface area contributed by atoms with Crippen LogP contribution in [-0.4, -0.2) is 15.8 Å². The Morgan fingerprint density at radius 1 is 1.11 bits per heavy atom. The number of aryl methyl sites for hydroxylation is 1. The summed E-state index contributed by atoms with van der Waals surface area (Å²) in [5, 5.41) is 0. The van der Waals surface area contributed by atoms with Crippen molar-refractivity contribution in [1.29, 1.82) is 0 Å². The highest BCUT2D eigenvalue weighted by atomic mass is 16.1. The van der Waals surface area contributed by atoms with Crippen molar-refractivity contribution < 1.29 is 4.79 Å². The number of ketones is 1. The lowest BCUT2D eigenvalue weighted by Crippen LogP contribution is -2.03. The van der Waals surface area contributed by atoms with Crippen molar-refractivity contribution in [3.63, 3.8) is 0 Å². The van der Waals surface area contributed by atoms with Gasteiger partial charge in [-0.25, -0.2) is 9.97 Å². The van der Waals surface area contributed by atoms with Crippen molar-refractivity contribution in [3.8, 4) is 11.1 Å². The van der Waals surface area contributed by atoms with Crippen molar-refractivity contribution >= 4 is 5.78 Å². The molecule has 3 heteroatoms. The first-order valence-electron chi connectivity index (χ1n) is 6.19. The Morgan fingerprint density at radius 2 is 1.83 bits per heavy atom. The molecule has 0 saturated carbocycles. The number of hydrogen-bond donors (Lipinski definition) is 0. The normalized spacial score (nSPS) is 10.3. The molecule has 0 N–H and O–H groups in total. The van der Waals surface area contributed by atoms with Crippen LogP contribution in [0.2, 0.25) is 0 Å². The van der Waals surface area contributed by atoms with Gasteiger partial charge in [-0.1, -0.05) is 38.1 Å². The predicted octanol–water partition coefficient (Wildman–Crippen LogP) is 3.30. The highest BCUT2D eigenvalue weighted by molar-refractivity contribution is 5.92. The molecule has 0 unspecified atom stereocenters. The van der Waals surface area contributed by atoms with E-state index >= 15 is 0 Å². The Bertz CT molecular complexity index is 547. The zero-order valence-corrected chi connectivity index (χ0v) is 10.7. The molecule has 0 bridgehead atoms.